The van der Waals surface area contributed by atoms with E-state index in [1.165, 1.54) is 0 Å². The van der Waals surface area contributed by atoms with Crippen LogP contribution in [0.5, 0.6) is 0 Å². The van der Waals surface area contributed by atoms with Crippen LogP contribution in [0.4, 0.5) is 0 Å². The van der Waals surface area contributed by atoms with Gasteiger partial charge in [0.1, 0.15) is 11.5 Å². The van der Waals surface area contributed by atoms with Crippen LogP contribution in [-0.4, -0.2) is 29.2 Å². The number of aryl methyl sites for hydroxylation is 1. The number of fused-ring (bicyclic) bond motifs is 2. The number of rotatable bonds is 4. The maximum atomic E-state index is 12.6. The number of furan rings is 1. The molecule has 2 aromatic rings. The van der Waals surface area contributed by atoms with Gasteiger partial charge >= 0.3 is 0 Å². The molecule has 28 heavy (non-hydrogen) atoms. The number of hydrogen-bond donors (Lipinski definition) is 1. The molecule has 0 spiro atoms. The summed E-state index contributed by atoms with van der Waals surface area (Å²) in [6.45, 7) is 6.30. The highest BCUT2D eigenvalue weighted by Crippen LogP contribution is 2.42. The minimum absolute atomic E-state index is 0.0256. The van der Waals surface area contributed by atoms with Gasteiger partial charge in [-0.05, 0) is 37.0 Å². The summed E-state index contributed by atoms with van der Waals surface area (Å²) in [6.07, 6.45) is 1.74. The third-order valence-electron chi connectivity index (χ3n) is 5.51. The molecular formula is C22H24N2O4. The first-order valence-corrected chi connectivity index (χ1v) is 9.59. The molecule has 2 aliphatic rings. The summed E-state index contributed by atoms with van der Waals surface area (Å²) in [5, 5.41) is 3.07. The van der Waals surface area contributed by atoms with Crippen LogP contribution >= 0.6 is 0 Å². The Hall–Kier alpha value is -2.89. The van der Waals surface area contributed by atoms with Gasteiger partial charge in [0.2, 0.25) is 5.91 Å². The van der Waals surface area contributed by atoms with E-state index in [1.54, 1.807) is 24.3 Å². The van der Waals surface area contributed by atoms with E-state index in [2.05, 4.69) is 19.2 Å². The van der Waals surface area contributed by atoms with Crippen molar-refractivity contribution in [1.29, 1.82) is 0 Å². The molecule has 1 N–H and O–H groups in total. The van der Waals surface area contributed by atoms with Gasteiger partial charge in [-0.1, -0.05) is 26.0 Å². The zero-order valence-electron chi connectivity index (χ0n) is 16.4. The quantitative estimate of drug-likeness (QED) is 0.825. The van der Waals surface area contributed by atoms with Gasteiger partial charge in [-0.25, -0.2) is 0 Å². The molecule has 1 aromatic heterocycles. The monoisotopic (exact) mass is 380 g/mol. The van der Waals surface area contributed by atoms with E-state index in [4.69, 9.17) is 4.42 Å². The molecule has 0 radical (unpaired) electrons. The highest BCUT2D eigenvalue weighted by molar-refractivity contribution is 6.21. The summed E-state index contributed by atoms with van der Waals surface area (Å²) < 4.78 is 5.81. The first kappa shape index (κ1) is 18.5. The summed E-state index contributed by atoms with van der Waals surface area (Å²) in [6, 6.07) is 8.61. The Kier molecular flexibility index (Phi) is 4.37. The topological polar surface area (TPSA) is 79.6 Å². The van der Waals surface area contributed by atoms with Gasteiger partial charge in [0.05, 0.1) is 17.2 Å². The molecule has 146 valence electrons. The van der Waals surface area contributed by atoms with Crippen molar-refractivity contribution in [3.8, 4) is 0 Å². The second kappa shape index (κ2) is 6.62. The molecule has 3 amide bonds. The number of hydrogen-bond acceptors (Lipinski definition) is 4. The van der Waals surface area contributed by atoms with Crippen LogP contribution in [0.2, 0.25) is 0 Å². The van der Waals surface area contributed by atoms with Crippen LogP contribution in [0, 0.1) is 12.3 Å². The maximum Gasteiger partial charge on any atom is 0.261 e. The lowest BCUT2D eigenvalue weighted by Crippen LogP contribution is -2.38. The fourth-order valence-corrected chi connectivity index (χ4v) is 4.24. The summed E-state index contributed by atoms with van der Waals surface area (Å²) in [4.78, 5) is 38.6. The number of carbonyl (C=O) groups excluding carboxylic acids is 3. The van der Waals surface area contributed by atoms with E-state index in [0.717, 1.165) is 34.8 Å². The number of benzene rings is 1. The second-order valence-electron chi connectivity index (χ2n) is 8.46. The van der Waals surface area contributed by atoms with Crippen molar-refractivity contribution in [1.82, 2.24) is 10.2 Å². The highest BCUT2D eigenvalue weighted by Gasteiger charge is 2.37. The standard InChI is InChI=1S/C22H24N2O4/c1-13-10-16-17(11-22(2,3)12-18(16)28-13)23-19(25)8-9-24-20(26)14-6-4-5-7-15(14)21(24)27/h4-7,10,17H,8-9,11-12H2,1-3H3,(H,23,25). The van der Waals surface area contributed by atoms with Gasteiger partial charge in [0.15, 0.2) is 0 Å². The largest absolute Gasteiger partial charge is 0.466 e. The SMILES string of the molecule is Cc1cc2c(o1)CC(C)(C)CC2NC(=O)CCN1C(=O)c2ccccc2C1=O. The number of nitrogens with one attached hydrogen (secondary N) is 1. The van der Waals surface area contributed by atoms with E-state index in [1.807, 2.05) is 13.0 Å². The molecule has 1 aromatic carbocycles. The van der Waals surface area contributed by atoms with Gasteiger partial charge < -0.3 is 9.73 Å². The zero-order valence-corrected chi connectivity index (χ0v) is 16.4. The van der Waals surface area contributed by atoms with Crippen molar-refractivity contribution in [3.05, 3.63) is 58.5 Å². The second-order valence-corrected chi connectivity index (χ2v) is 8.46. The molecule has 0 saturated carbocycles. The molecule has 1 unspecified atom stereocenters. The molecule has 1 aliphatic heterocycles. The minimum Gasteiger partial charge on any atom is -0.466 e. The number of amides is 3. The third kappa shape index (κ3) is 3.23. The molecule has 0 fully saturated rings. The predicted molar refractivity (Wildman–Crippen MR) is 103 cm³/mol. The van der Waals surface area contributed by atoms with Crippen LogP contribution in [0.3, 0.4) is 0 Å². The Labute approximate surface area is 163 Å². The Morgan fingerprint density at radius 3 is 2.50 bits per heavy atom. The molecule has 6 nitrogen and oxygen atoms in total. The summed E-state index contributed by atoms with van der Waals surface area (Å²) in [5.41, 5.74) is 1.87. The van der Waals surface area contributed by atoms with Crippen LogP contribution in [-0.2, 0) is 11.2 Å². The Balaban J connectivity index is 1.42. The summed E-state index contributed by atoms with van der Waals surface area (Å²) >= 11 is 0. The predicted octanol–water partition coefficient (Wildman–Crippen LogP) is 3.40. The number of imide groups is 1. The van der Waals surface area contributed by atoms with E-state index in [9.17, 15) is 14.4 Å². The Morgan fingerprint density at radius 1 is 1.21 bits per heavy atom. The molecule has 1 atom stereocenters. The molecule has 4 rings (SSSR count). The lowest BCUT2D eigenvalue weighted by atomic mass is 9.74. The van der Waals surface area contributed by atoms with E-state index >= 15 is 0 Å². The number of carbonyl (C=O) groups is 3. The van der Waals surface area contributed by atoms with E-state index in [0.29, 0.717) is 11.1 Å². The first-order valence-electron chi connectivity index (χ1n) is 9.59. The van der Waals surface area contributed by atoms with Crippen molar-refractivity contribution >= 4 is 17.7 Å². The Bertz CT molecular complexity index is 938. The third-order valence-corrected chi connectivity index (χ3v) is 5.51. The van der Waals surface area contributed by atoms with Gasteiger partial charge in [-0.15, -0.1) is 0 Å². The van der Waals surface area contributed by atoms with Gasteiger partial charge in [0.25, 0.3) is 11.8 Å². The maximum absolute atomic E-state index is 12.6. The summed E-state index contributed by atoms with van der Waals surface area (Å²) in [5.74, 6) is 0.927. The molecule has 1 aliphatic carbocycles. The van der Waals surface area contributed by atoms with E-state index < -0.39 is 0 Å². The fraction of sp³-hybridized carbons (Fsp3) is 0.409. The van der Waals surface area contributed by atoms with Crippen molar-refractivity contribution in [2.24, 2.45) is 5.41 Å². The lowest BCUT2D eigenvalue weighted by molar-refractivity contribution is -0.122. The van der Waals surface area contributed by atoms with Crippen LogP contribution in [0.1, 0.15) is 70.5 Å². The van der Waals surface area contributed by atoms with Gasteiger partial charge in [-0.2, -0.15) is 0 Å². The molecule has 0 saturated heterocycles. The highest BCUT2D eigenvalue weighted by atomic mass is 16.3. The zero-order chi connectivity index (χ0) is 20.1. The van der Waals surface area contributed by atoms with Crippen LogP contribution < -0.4 is 5.32 Å². The normalized spacial score (nSPS) is 20.1. The Morgan fingerprint density at radius 2 is 1.86 bits per heavy atom. The fourth-order valence-electron chi connectivity index (χ4n) is 4.24. The van der Waals surface area contributed by atoms with Crippen molar-refractivity contribution in [2.45, 2.75) is 46.1 Å². The smallest absolute Gasteiger partial charge is 0.261 e. The van der Waals surface area contributed by atoms with Gasteiger partial charge in [-0.3, -0.25) is 19.3 Å². The van der Waals surface area contributed by atoms with Crippen molar-refractivity contribution in [2.75, 3.05) is 6.54 Å². The minimum atomic E-state index is -0.333. The first-order chi connectivity index (χ1) is 13.2. The number of nitrogens with zero attached hydrogens (tertiary/aromatic N) is 1. The van der Waals surface area contributed by atoms with E-state index in [-0.39, 0.29) is 42.1 Å². The molecule has 0 bridgehead atoms. The van der Waals surface area contributed by atoms with Crippen molar-refractivity contribution < 1.29 is 18.8 Å². The average molecular weight is 380 g/mol. The summed E-state index contributed by atoms with van der Waals surface area (Å²) in [7, 11) is 0. The molecule has 6 heteroatoms. The molecule has 2 heterocycles. The van der Waals surface area contributed by atoms with Crippen LogP contribution in [0.15, 0.2) is 34.7 Å². The van der Waals surface area contributed by atoms with Gasteiger partial charge in [0, 0.05) is 24.9 Å². The lowest BCUT2D eigenvalue weighted by Gasteiger charge is -2.34. The van der Waals surface area contributed by atoms with Crippen LogP contribution in [0.25, 0.3) is 0 Å². The van der Waals surface area contributed by atoms with Crippen molar-refractivity contribution in [3.63, 3.8) is 0 Å². The average Bonchev–Trinajstić information content (AvgIpc) is 3.10. The molecular weight excluding hydrogens is 356 g/mol.